The highest BCUT2D eigenvalue weighted by Gasteiger charge is 2.07. The average molecular weight is 339 g/mol. The highest BCUT2D eigenvalue weighted by atomic mass is 79.9. The van der Waals surface area contributed by atoms with Crippen molar-refractivity contribution < 1.29 is 9.47 Å². The summed E-state index contributed by atoms with van der Waals surface area (Å²) in [6.45, 7) is 2.72. The number of aromatic nitrogens is 3. The third-order valence-electron chi connectivity index (χ3n) is 2.35. The van der Waals surface area contributed by atoms with Crippen LogP contribution in [0.15, 0.2) is 28.7 Å². The molecule has 0 amide bonds. The Bertz CT molecular complexity index is 580. The molecule has 0 atom stereocenters. The number of ether oxygens (including phenoxy) is 2. The minimum absolute atomic E-state index is 0.229. The molecule has 20 heavy (non-hydrogen) atoms. The predicted octanol–water partition coefficient (Wildman–Crippen LogP) is 2.65. The van der Waals surface area contributed by atoms with Gasteiger partial charge in [-0.3, -0.25) is 0 Å². The average Bonchev–Trinajstić information content (AvgIpc) is 2.45. The maximum Gasteiger partial charge on any atom is 0.324 e. The highest BCUT2D eigenvalue weighted by molar-refractivity contribution is 9.10. The van der Waals surface area contributed by atoms with Gasteiger partial charge in [-0.25, -0.2) is 0 Å². The Balaban J connectivity index is 2.10. The van der Waals surface area contributed by atoms with E-state index in [1.54, 1.807) is 7.05 Å². The summed E-state index contributed by atoms with van der Waals surface area (Å²) >= 11 is 3.42. The van der Waals surface area contributed by atoms with Crippen LogP contribution in [-0.2, 0) is 6.61 Å². The molecule has 106 valence electrons. The minimum Gasteiger partial charge on any atom is -0.464 e. The third kappa shape index (κ3) is 4.06. The minimum atomic E-state index is 0.229. The number of rotatable bonds is 6. The summed E-state index contributed by atoms with van der Waals surface area (Å²) in [5.41, 5.74) is 1.02. The van der Waals surface area contributed by atoms with Gasteiger partial charge in [-0.05, 0) is 24.6 Å². The van der Waals surface area contributed by atoms with Crippen LogP contribution in [0.1, 0.15) is 12.5 Å². The second kappa shape index (κ2) is 7.04. The van der Waals surface area contributed by atoms with Crippen LogP contribution in [0.5, 0.6) is 12.0 Å². The summed E-state index contributed by atoms with van der Waals surface area (Å²) < 4.78 is 11.8. The maximum absolute atomic E-state index is 5.57. The molecule has 0 saturated carbocycles. The first-order chi connectivity index (χ1) is 9.71. The third-order valence-corrected chi connectivity index (χ3v) is 2.84. The summed E-state index contributed by atoms with van der Waals surface area (Å²) in [4.78, 5) is 12.3. The van der Waals surface area contributed by atoms with Gasteiger partial charge in [-0.15, -0.1) is 4.98 Å². The van der Waals surface area contributed by atoms with Crippen molar-refractivity contribution in [2.45, 2.75) is 13.5 Å². The SMILES string of the molecule is CCOc1nc(NC)nc(OCc2cccc(Br)c2)n1. The molecule has 2 rings (SSSR count). The molecule has 0 aliphatic rings. The van der Waals surface area contributed by atoms with E-state index in [-0.39, 0.29) is 12.0 Å². The molecule has 1 aromatic carbocycles. The lowest BCUT2D eigenvalue weighted by Gasteiger charge is -2.08. The van der Waals surface area contributed by atoms with Crippen LogP contribution in [0.2, 0.25) is 0 Å². The zero-order valence-electron chi connectivity index (χ0n) is 11.3. The molecule has 6 nitrogen and oxygen atoms in total. The number of halogens is 1. The number of benzene rings is 1. The van der Waals surface area contributed by atoms with E-state index in [0.29, 0.717) is 19.2 Å². The number of nitrogens with zero attached hydrogens (tertiary/aromatic N) is 3. The number of hydrogen-bond acceptors (Lipinski definition) is 6. The van der Waals surface area contributed by atoms with Gasteiger partial charge in [0.2, 0.25) is 5.95 Å². The molecule has 0 saturated heterocycles. The van der Waals surface area contributed by atoms with Gasteiger partial charge < -0.3 is 14.8 Å². The summed E-state index contributed by atoms with van der Waals surface area (Å²) in [5.74, 6) is 0.410. The van der Waals surface area contributed by atoms with Crippen molar-refractivity contribution in [3.05, 3.63) is 34.3 Å². The quantitative estimate of drug-likeness (QED) is 0.873. The molecule has 7 heteroatoms. The van der Waals surface area contributed by atoms with Crippen LogP contribution in [0.25, 0.3) is 0 Å². The number of nitrogens with one attached hydrogen (secondary N) is 1. The number of hydrogen-bond donors (Lipinski definition) is 1. The molecule has 0 aliphatic carbocycles. The molecule has 0 aliphatic heterocycles. The van der Waals surface area contributed by atoms with Crippen molar-refractivity contribution in [1.29, 1.82) is 0 Å². The lowest BCUT2D eigenvalue weighted by atomic mass is 10.2. The first-order valence-electron chi connectivity index (χ1n) is 6.15. The van der Waals surface area contributed by atoms with E-state index in [9.17, 15) is 0 Å². The van der Waals surface area contributed by atoms with Crippen molar-refractivity contribution in [2.24, 2.45) is 0 Å². The van der Waals surface area contributed by atoms with Gasteiger partial charge in [-0.2, -0.15) is 9.97 Å². The van der Waals surface area contributed by atoms with Gasteiger partial charge in [0, 0.05) is 11.5 Å². The van der Waals surface area contributed by atoms with Crippen LogP contribution in [0, 0.1) is 0 Å². The fourth-order valence-corrected chi connectivity index (χ4v) is 1.93. The highest BCUT2D eigenvalue weighted by Crippen LogP contribution is 2.16. The molecule has 0 fully saturated rings. The van der Waals surface area contributed by atoms with Crippen molar-refractivity contribution in [3.63, 3.8) is 0 Å². The normalized spacial score (nSPS) is 10.2. The lowest BCUT2D eigenvalue weighted by Crippen LogP contribution is -2.07. The molecule has 0 bridgehead atoms. The molecule has 0 spiro atoms. The Hall–Kier alpha value is -1.89. The van der Waals surface area contributed by atoms with Gasteiger partial charge in [0.15, 0.2) is 0 Å². The Morgan fingerprint density at radius 2 is 1.90 bits per heavy atom. The van der Waals surface area contributed by atoms with E-state index in [1.165, 1.54) is 0 Å². The van der Waals surface area contributed by atoms with Crippen LogP contribution in [-0.4, -0.2) is 28.6 Å². The van der Waals surface area contributed by atoms with Crippen LogP contribution in [0.3, 0.4) is 0 Å². The van der Waals surface area contributed by atoms with Crippen LogP contribution in [0.4, 0.5) is 5.95 Å². The zero-order chi connectivity index (χ0) is 14.4. The summed E-state index contributed by atoms with van der Waals surface area (Å²) in [6, 6.07) is 8.32. The maximum atomic E-state index is 5.57. The molecule has 1 aromatic heterocycles. The van der Waals surface area contributed by atoms with Gasteiger partial charge in [0.1, 0.15) is 6.61 Å². The Labute approximate surface area is 125 Å². The van der Waals surface area contributed by atoms with Crippen molar-refractivity contribution in [2.75, 3.05) is 19.0 Å². The molecular formula is C13H15BrN4O2. The molecule has 0 radical (unpaired) electrons. The Morgan fingerprint density at radius 1 is 1.15 bits per heavy atom. The van der Waals surface area contributed by atoms with E-state index in [0.717, 1.165) is 10.0 Å². The standard InChI is InChI=1S/C13H15BrN4O2/c1-3-19-12-16-11(15-2)17-13(18-12)20-8-9-5-4-6-10(14)7-9/h4-7H,3,8H2,1-2H3,(H,15,16,17,18). The molecule has 1 N–H and O–H groups in total. The molecular weight excluding hydrogens is 324 g/mol. The fraction of sp³-hybridized carbons (Fsp3) is 0.308. The lowest BCUT2D eigenvalue weighted by molar-refractivity contribution is 0.261. The smallest absolute Gasteiger partial charge is 0.324 e. The topological polar surface area (TPSA) is 69.2 Å². The van der Waals surface area contributed by atoms with Gasteiger partial charge in [-0.1, -0.05) is 28.1 Å². The number of anilines is 1. The van der Waals surface area contributed by atoms with Crippen molar-refractivity contribution >= 4 is 21.9 Å². The van der Waals surface area contributed by atoms with Gasteiger partial charge in [0.05, 0.1) is 6.61 Å². The van der Waals surface area contributed by atoms with Gasteiger partial charge >= 0.3 is 12.0 Å². The molecule has 2 aromatic rings. The first kappa shape index (κ1) is 14.5. The van der Waals surface area contributed by atoms with Gasteiger partial charge in [0.25, 0.3) is 0 Å². The van der Waals surface area contributed by atoms with E-state index in [2.05, 4.69) is 36.2 Å². The van der Waals surface area contributed by atoms with Crippen molar-refractivity contribution in [3.8, 4) is 12.0 Å². The largest absolute Gasteiger partial charge is 0.464 e. The summed E-state index contributed by atoms with van der Waals surface area (Å²) in [5, 5.41) is 2.84. The van der Waals surface area contributed by atoms with E-state index in [1.807, 2.05) is 31.2 Å². The predicted molar refractivity (Wildman–Crippen MR) is 79.0 cm³/mol. The van der Waals surface area contributed by atoms with Crippen molar-refractivity contribution in [1.82, 2.24) is 15.0 Å². The second-order valence-corrected chi connectivity index (χ2v) is 4.74. The molecule has 0 unspecified atom stereocenters. The van der Waals surface area contributed by atoms with Crippen LogP contribution >= 0.6 is 15.9 Å². The summed E-state index contributed by atoms with van der Waals surface area (Å²) in [6.07, 6.45) is 0. The van der Waals surface area contributed by atoms with E-state index >= 15 is 0 Å². The fourth-order valence-electron chi connectivity index (χ4n) is 1.48. The second-order valence-electron chi connectivity index (χ2n) is 3.83. The van der Waals surface area contributed by atoms with Crippen LogP contribution < -0.4 is 14.8 Å². The first-order valence-corrected chi connectivity index (χ1v) is 6.94. The van der Waals surface area contributed by atoms with E-state index in [4.69, 9.17) is 9.47 Å². The zero-order valence-corrected chi connectivity index (χ0v) is 12.8. The van der Waals surface area contributed by atoms with E-state index < -0.39 is 0 Å². The Morgan fingerprint density at radius 3 is 2.55 bits per heavy atom. The monoisotopic (exact) mass is 338 g/mol. The summed E-state index contributed by atoms with van der Waals surface area (Å²) in [7, 11) is 1.73. The molecule has 1 heterocycles. The Kier molecular flexibility index (Phi) is 5.11.